The van der Waals surface area contributed by atoms with Crippen molar-refractivity contribution in [1.29, 1.82) is 0 Å². The minimum Gasteiger partial charge on any atom is -0.493 e. The first-order chi connectivity index (χ1) is 14.7. The molecule has 1 aliphatic carbocycles. The summed E-state index contributed by atoms with van der Waals surface area (Å²) in [6.45, 7) is 8.89. The van der Waals surface area contributed by atoms with E-state index in [4.69, 9.17) is 14.5 Å². The molecule has 2 atom stereocenters. The zero-order valence-electron chi connectivity index (χ0n) is 18.5. The Morgan fingerprint density at radius 1 is 1.19 bits per heavy atom. The first-order valence-corrected chi connectivity index (χ1v) is 11.1. The summed E-state index contributed by atoms with van der Waals surface area (Å²) < 4.78 is 11.6. The van der Waals surface area contributed by atoms with E-state index in [0.717, 1.165) is 56.4 Å². The Kier molecular flexibility index (Phi) is 9.02. The monoisotopic (exact) mass is 535 g/mol. The van der Waals surface area contributed by atoms with E-state index in [-0.39, 0.29) is 24.0 Å². The van der Waals surface area contributed by atoms with Gasteiger partial charge in [0, 0.05) is 37.1 Å². The number of rotatable bonds is 8. The summed E-state index contributed by atoms with van der Waals surface area (Å²) in [6, 6.07) is 15.1. The number of aliphatic imine (C=N–C) groups is 1. The molecule has 5 nitrogen and oxygen atoms in total. The SMILES string of the molecule is CCNC(=NCc1ccc(C)cc1OCC1CCOC1)NCC1Cc2ccccc21.I. The van der Waals surface area contributed by atoms with Gasteiger partial charge in [-0.15, -0.1) is 24.0 Å². The van der Waals surface area contributed by atoms with Crippen molar-refractivity contribution in [2.45, 2.75) is 39.2 Å². The molecule has 2 N–H and O–H groups in total. The smallest absolute Gasteiger partial charge is 0.191 e. The highest BCUT2D eigenvalue weighted by Crippen LogP contribution is 2.34. The number of guanidine groups is 1. The van der Waals surface area contributed by atoms with E-state index >= 15 is 0 Å². The van der Waals surface area contributed by atoms with Gasteiger partial charge in [0.1, 0.15) is 5.75 Å². The van der Waals surface area contributed by atoms with Crippen LogP contribution < -0.4 is 15.4 Å². The summed E-state index contributed by atoms with van der Waals surface area (Å²) >= 11 is 0. The van der Waals surface area contributed by atoms with Gasteiger partial charge >= 0.3 is 0 Å². The van der Waals surface area contributed by atoms with Crippen LogP contribution in [0.1, 0.15) is 41.5 Å². The van der Waals surface area contributed by atoms with E-state index in [1.165, 1.54) is 16.7 Å². The van der Waals surface area contributed by atoms with E-state index < -0.39 is 0 Å². The first kappa shape index (κ1) is 23.9. The number of halogens is 1. The van der Waals surface area contributed by atoms with E-state index in [1.807, 2.05) is 0 Å². The van der Waals surface area contributed by atoms with Crippen LogP contribution in [0, 0.1) is 12.8 Å². The topological polar surface area (TPSA) is 54.9 Å². The largest absolute Gasteiger partial charge is 0.493 e. The number of nitrogens with one attached hydrogen (secondary N) is 2. The molecular weight excluding hydrogens is 501 g/mol. The van der Waals surface area contributed by atoms with E-state index in [1.54, 1.807) is 0 Å². The fraction of sp³-hybridized carbons (Fsp3) is 0.480. The Labute approximate surface area is 203 Å². The minimum absolute atomic E-state index is 0. The van der Waals surface area contributed by atoms with Gasteiger partial charge in [0.15, 0.2) is 5.96 Å². The Morgan fingerprint density at radius 3 is 2.84 bits per heavy atom. The van der Waals surface area contributed by atoms with Crippen LogP contribution in [-0.4, -0.2) is 38.9 Å². The Balaban J connectivity index is 0.00000272. The zero-order chi connectivity index (χ0) is 20.8. The van der Waals surface area contributed by atoms with Crippen LogP contribution >= 0.6 is 24.0 Å². The van der Waals surface area contributed by atoms with Crippen LogP contribution in [0.25, 0.3) is 0 Å². The molecule has 1 heterocycles. The highest BCUT2D eigenvalue weighted by Gasteiger charge is 2.25. The second-order valence-corrected chi connectivity index (χ2v) is 8.33. The summed E-state index contributed by atoms with van der Waals surface area (Å²) in [5.41, 5.74) is 5.26. The molecule has 0 bridgehead atoms. The number of hydrogen-bond acceptors (Lipinski definition) is 3. The quantitative estimate of drug-likeness (QED) is 0.299. The molecule has 6 heteroatoms. The normalized spacial score (nSPS) is 19.7. The lowest BCUT2D eigenvalue weighted by Gasteiger charge is -2.30. The first-order valence-electron chi connectivity index (χ1n) is 11.1. The predicted molar refractivity (Wildman–Crippen MR) is 137 cm³/mol. The van der Waals surface area contributed by atoms with Gasteiger partial charge in [0.2, 0.25) is 0 Å². The van der Waals surface area contributed by atoms with Crippen LogP contribution in [0.2, 0.25) is 0 Å². The molecule has 0 spiro atoms. The van der Waals surface area contributed by atoms with E-state index in [2.05, 4.69) is 66.9 Å². The maximum absolute atomic E-state index is 6.17. The average Bonchev–Trinajstić information content (AvgIpc) is 3.25. The Morgan fingerprint density at radius 2 is 2.06 bits per heavy atom. The van der Waals surface area contributed by atoms with Crippen molar-refractivity contribution in [2.75, 3.05) is 32.9 Å². The molecule has 168 valence electrons. The predicted octanol–water partition coefficient (Wildman–Crippen LogP) is 4.42. The standard InChI is InChI=1S/C25H33N3O2.HI/c1-3-26-25(28-15-22-13-20-6-4-5-7-23(20)22)27-14-21-9-8-18(2)12-24(21)30-17-19-10-11-29-16-19;/h4-9,12,19,22H,3,10-11,13-17H2,1-2H3,(H2,26,27,28);1H. The third-order valence-electron chi connectivity index (χ3n) is 5.95. The van der Waals surface area contributed by atoms with Gasteiger partial charge in [-0.3, -0.25) is 0 Å². The number of ether oxygens (including phenoxy) is 2. The van der Waals surface area contributed by atoms with E-state index in [9.17, 15) is 0 Å². The summed E-state index contributed by atoms with van der Waals surface area (Å²) in [5, 5.41) is 6.89. The lowest BCUT2D eigenvalue weighted by molar-refractivity contribution is 0.166. The van der Waals surface area contributed by atoms with Gasteiger partial charge in [-0.2, -0.15) is 0 Å². The Bertz CT molecular complexity index is 881. The third kappa shape index (κ3) is 6.35. The molecule has 1 fully saturated rings. The summed E-state index contributed by atoms with van der Waals surface area (Å²) in [6.07, 6.45) is 2.22. The van der Waals surface area contributed by atoms with Crippen molar-refractivity contribution < 1.29 is 9.47 Å². The molecule has 2 aromatic rings. The molecule has 2 aliphatic rings. The van der Waals surface area contributed by atoms with Gasteiger partial charge in [0.05, 0.1) is 19.8 Å². The number of hydrogen-bond donors (Lipinski definition) is 2. The van der Waals surface area contributed by atoms with Crippen LogP contribution in [0.5, 0.6) is 5.75 Å². The van der Waals surface area contributed by atoms with Crippen molar-refractivity contribution in [1.82, 2.24) is 10.6 Å². The van der Waals surface area contributed by atoms with Gasteiger partial charge in [-0.1, -0.05) is 36.4 Å². The van der Waals surface area contributed by atoms with Gasteiger partial charge < -0.3 is 20.1 Å². The van der Waals surface area contributed by atoms with Crippen molar-refractivity contribution in [3.8, 4) is 5.75 Å². The molecule has 4 rings (SSSR count). The van der Waals surface area contributed by atoms with Crippen LogP contribution in [-0.2, 0) is 17.7 Å². The number of benzene rings is 2. The van der Waals surface area contributed by atoms with Crippen molar-refractivity contribution in [3.63, 3.8) is 0 Å². The molecule has 1 aliphatic heterocycles. The molecule has 0 radical (unpaired) electrons. The molecule has 1 saturated heterocycles. The second-order valence-electron chi connectivity index (χ2n) is 8.33. The number of fused-ring (bicyclic) bond motifs is 1. The summed E-state index contributed by atoms with van der Waals surface area (Å²) in [4.78, 5) is 4.83. The molecular formula is C25H34IN3O2. The van der Waals surface area contributed by atoms with Gasteiger partial charge in [0.25, 0.3) is 0 Å². The number of nitrogens with zero attached hydrogens (tertiary/aromatic N) is 1. The van der Waals surface area contributed by atoms with Crippen LogP contribution in [0.3, 0.4) is 0 Å². The molecule has 2 unspecified atom stereocenters. The fourth-order valence-electron chi connectivity index (χ4n) is 4.12. The Hall–Kier alpha value is -1.80. The minimum atomic E-state index is 0. The van der Waals surface area contributed by atoms with Crippen molar-refractivity contribution in [3.05, 3.63) is 64.7 Å². The van der Waals surface area contributed by atoms with Crippen molar-refractivity contribution in [2.24, 2.45) is 10.9 Å². The van der Waals surface area contributed by atoms with E-state index in [0.29, 0.717) is 25.0 Å². The highest BCUT2D eigenvalue weighted by molar-refractivity contribution is 14.0. The fourth-order valence-corrected chi connectivity index (χ4v) is 4.12. The maximum Gasteiger partial charge on any atom is 0.191 e. The lowest BCUT2D eigenvalue weighted by Crippen LogP contribution is -2.41. The maximum atomic E-state index is 6.17. The van der Waals surface area contributed by atoms with Gasteiger partial charge in [-0.05, 0) is 49.4 Å². The third-order valence-corrected chi connectivity index (χ3v) is 5.95. The lowest BCUT2D eigenvalue weighted by atomic mass is 9.78. The molecule has 31 heavy (non-hydrogen) atoms. The molecule has 0 amide bonds. The van der Waals surface area contributed by atoms with Crippen LogP contribution in [0.15, 0.2) is 47.5 Å². The second kappa shape index (κ2) is 11.7. The van der Waals surface area contributed by atoms with Gasteiger partial charge in [-0.25, -0.2) is 4.99 Å². The summed E-state index contributed by atoms with van der Waals surface area (Å²) in [5.74, 6) is 2.86. The number of aryl methyl sites for hydroxylation is 1. The molecule has 0 saturated carbocycles. The average molecular weight is 535 g/mol. The molecule has 2 aromatic carbocycles. The van der Waals surface area contributed by atoms with Crippen LogP contribution in [0.4, 0.5) is 0 Å². The zero-order valence-corrected chi connectivity index (χ0v) is 20.9. The summed E-state index contributed by atoms with van der Waals surface area (Å²) in [7, 11) is 0. The highest BCUT2D eigenvalue weighted by atomic mass is 127. The molecule has 0 aromatic heterocycles. The van der Waals surface area contributed by atoms with Crippen molar-refractivity contribution >= 4 is 29.9 Å².